The molecule has 0 heterocycles. The quantitative estimate of drug-likeness (QED) is 0.515. The van der Waals surface area contributed by atoms with Crippen LogP contribution in [0.4, 0.5) is 5.69 Å². The van der Waals surface area contributed by atoms with Gasteiger partial charge in [-0.1, -0.05) is 28.1 Å². The van der Waals surface area contributed by atoms with Crippen molar-refractivity contribution in [2.75, 3.05) is 13.2 Å². The summed E-state index contributed by atoms with van der Waals surface area (Å²) in [6, 6.07) is 3.20. The van der Waals surface area contributed by atoms with Gasteiger partial charge in [-0.3, -0.25) is 10.1 Å². The molecule has 0 amide bonds. The van der Waals surface area contributed by atoms with Gasteiger partial charge in [-0.05, 0) is 18.6 Å². The third kappa shape index (κ3) is 3.83. The van der Waals surface area contributed by atoms with Crippen LogP contribution in [-0.2, 0) is 0 Å². The van der Waals surface area contributed by atoms with Gasteiger partial charge in [0, 0.05) is 17.1 Å². The van der Waals surface area contributed by atoms with Crippen LogP contribution in [0.1, 0.15) is 5.56 Å². The molecule has 0 saturated carbocycles. The largest absolute Gasteiger partial charge is 0.482 e. The molecule has 1 rings (SSSR count). The van der Waals surface area contributed by atoms with Crippen LogP contribution < -0.4 is 10.5 Å². The molecule has 0 radical (unpaired) electrons. The van der Waals surface area contributed by atoms with Gasteiger partial charge in [0.2, 0.25) is 0 Å². The van der Waals surface area contributed by atoms with Gasteiger partial charge in [0.25, 0.3) is 0 Å². The molecule has 6 heteroatoms. The van der Waals surface area contributed by atoms with Crippen LogP contribution in [-0.4, -0.2) is 18.1 Å². The van der Waals surface area contributed by atoms with Crippen LogP contribution in [0.3, 0.4) is 0 Å². The summed E-state index contributed by atoms with van der Waals surface area (Å²) < 4.78 is 6.04. The Morgan fingerprint density at radius 1 is 1.53 bits per heavy atom. The van der Waals surface area contributed by atoms with E-state index in [1.54, 1.807) is 25.1 Å². The van der Waals surface area contributed by atoms with Crippen LogP contribution >= 0.6 is 15.9 Å². The smallest absolute Gasteiger partial charge is 0.312 e. The highest BCUT2D eigenvalue weighted by atomic mass is 79.9. The fraction of sp³-hybridized carbons (Fsp3) is 0.273. The number of nitro groups is 1. The predicted molar refractivity (Wildman–Crippen MR) is 69.2 cm³/mol. The average molecular weight is 301 g/mol. The topological polar surface area (TPSA) is 78.4 Å². The minimum atomic E-state index is -0.459. The molecule has 0 aliphatic carbocycles. The number of ether oxygens (including phenoxy) is 1. The van der Waals surface area contributed by atoms with E-state index in [-0.39, 0.29) is 12.3 Å². The molecule has 5 nitrogen and oxygen atoms in total. The zero-order valence-electron chi connectivity index (χ0n) is 9.35. The highest BCUT2D eigenvalue weighted by Crippen LogP contribution is 2.33. The summed E-state index contributed by atoms with van der Waals surface area (Å²) in [5.41, 5.74) is 5.95. The fourth-order valence-corrected chi connectivity index (χ4v) is 1.89. The lowest BCUT2D eigenvalue weighted by molar-refractivity contribution is -0.385. The fourth-order valence-electron chi connectivity index (χ4n) is 1.33. The number of halogens is 1. The monoisotopic (exact) mass is 300 g/mol. The summed E-state index contributed by atoms with van der Waals surface area (Å²) >= 11 is 3.22. The van der Waals surface area contributed by atoms with E-state index in [1.807, 2.05) is 0 Å². The van der Waals surface area contributed by atoms with Gasteiger partial charge in [-0.2, -0.15) is 0 Å². The third-order valence-corrected chi connectivity index (χ3v) is 2.50. The second-order valence-electron chi connectivity index (χ2n) is 3.35. The molecule has 0 fully saturated rings. The summed E-state index contributed by atoms with van der Waals surface area (Å²) in [7, 11) is 0. The molecular formula is C11H13BrN2O3. The Labute approximate surface area is 108 Å². The Balaban J connectivity index is 2.96. The van der Waals surface area contributed by atoms with Crippen molar-refractivity contribution in [3.8, 4) is 5.75 Å². The predicted octanol–water partition coefficient (Wildman–Crippen LogP) is 2.56. The number of nitrogens with zero attached hydrogens (tertiary/aromatic N) is 1. The first-order valence-corrected chi connectivity index (χ1v) is 5.78. The summed E-state index contributed by atoms with van der Waals surface area (Å²) in [6.07, 6.45) is 3.46. The van der Waals surface area contributed by atoms with Gasteiger partial charge in [-0.15, -0.1) is 0 Å². The van der Waals surface area contributed by atoms with E-state index in [2.05, 4.69) is 15.9 Å². The van der Waals surface area contributed by atoms with Crippen LogP contribution in [0.25, 0.3) is 0 Å². The zero-order chi connectivity index (χ0) is 12.8. The first-order valence-electron chi connectivity index (χ1n) is 4.98. The van der Waals surface area contributed by atoms with Crippen molar-refractivity contribution in [3.63, 3.8) is 0 Å². The van der Waals surface area contributed by atoms with Gasteiger partial charge >= 0.3 is 5.69 Å². The van der Waals surface area contributed by atoms with Crippen molar-refractivity contribution < 1.29 is 9.66 Å². The maximum atomic E-state index is 10.9. The highest BCUT2D eigenvalue weighted by molar-refractivity contribution is 9.10. The molecule has 1 aromatic carbocycles. The Kier molecular flexibility index (Phi) is 5.11. The van der Waals surface area contributed by atoms with E-state index < -0.39 is 4.92 Å². The number of aryl methyl sites for hydroxylation is 1. The van der Waals surface area contributed by atoms with Crippen molar-refractivity contribution in [3.05, 3.63) is 44.4 Å². The van der Waals surface area contributed by atoms with E-state index in [4.69, 9.17) is 10.5 Å². The lowest BCUT2D eigenvalue weighted by Crippen LogP contribution is -2.01. The molecule has 1 aromatic rings. The van der Waals surface area contributed by atoms with Crippen molar-refractivity contribution in [2.45, 2.75) is 6.92 Å². The van der Waals surface area contributed by atoms with Crippen LogP contribution in [0, 0.1) is 17.0 Å². The van der Waals surface area contributed by atoms with E-state index in [0.29, 0.717) is 22.3 Å². The SMILES string of the molecule is Cc1cc(Br)cc([N+](=O)[O-])c1OCC=CCN. The maximum absolute atomic E-state index is 10.9. The Hall–Kier alpha value is -1.40. The highest BCUT2D eigenvalue weighted by Gasteiger charge is 2.18. The lowest BCUT2D eigenvalue weighted by Gasteiger charge is -2.08. The minimum absolute atomic E-state index is 0.0435. The summed E-state index contributed by atoms with van der Waals surface area (Å²) in [5.74, 6) is 0.292. The Morgan fingerprint density at radius 2 is 2.24 bits per heavy atom. The first-order chi connectivity index (χ1) is 8.06. The van der Waals surface area contributed by atoms with E-state index in [0.717, 1.165) is 0 Å². The zero-order valence-corrected chi connectivity index (χ0v) is 10.9. The van der Waals surface area contributed by atoms with Crippen molar-refractivity contribution in [1.82, 2.24) is 0 Å². The normalized spacial score (nSPS) is 10.8. The maximum Gasteiger partial charge on any atom is 0.312 e. The molecule has 0 spiro atoms. The molecule has 0 unspecified atom stereocenters. The molecule has 0 bridgehead atoms. The molecule has 92 valence electrons. The average Bonchev–Trinajstić information content (AvgIpc) is 2.25. The standard InChI is InChI=1S/C11H13BrN2O3/c1-8-6-9(12)7-10(14(15)16)11(8)17-5-3-2-4-13/h2-3,6-7H,4-5,13H2,1H3. The molecule has 0 aliphatic heterocycles. The first kappa shape index (κ1) is 13.7. The van der Waals surface area contributed by atoms with Gasteiger partial charge in [0.1, 0.15) is 6.61 Å². The van der Waals surface area contributed by atoms with E-state index in [1.165, 1.54) is 6.07 Å². The number of hydrogen-bond donors (Lipinski definition) is 1. The minimum Gasteiger partial charge on any atom is -0.482 e. The van der Waals surface area contributed by atoms with Gasteiger partial charge in [0.05, 0.1) is 4.92 Å². The number of rotatable bonds is 5. The van der Waals surface area contributed by atoms with Crippen molar-refractivity contribution in [2.24, 2.45) is 5.73 Å². The van der Waals surface area contributed by atoms with Crippen LogP contribution in [0.5, 0.6) is 5.75 Å². The van der Waals surface area contributed by atoms with Crippen molar-refractivity contribution in [1.29, 1.82) is 0 Å². The second-order valence-corrected chi connectivity index (χ2v) is 4.26. The molecule has 0 atom stereocenters. The van der Waals surface area contributed by atoms with Crippen LogP contribution in [0.2, 0.25) is 0 Å². The summed E-state index contributed by atoms with van der Waals surface area (Å²) in [6.45, 7) is 2.45. The third-order valence-electron chi connectivity index (χ3n) is 2.04. The molecule has 0 saturated heterocycles. The molecular weight excluding hydrogens is 288 g/mol. The number of nitrogens with two attached hydrogens (primary N) is 1. The van der Waals surface area contributed by atoms with E-state index >= 15 is 0 Å². The molecule has 0 aliphatic rings. The Bertz CT molecular complexity index is 447. The van der Waals surface area contributed by atoms with Gasteiger partial charge < -0.3 is 10.5 Å². The molecule has 2 N–H and O–H groups in total. The van der Waals surface area contributed by atoms with E-state index in [9.17, 15) is 10.1 Å². The molecule has 17 heavy (non-hydrogen) atoms. The number of hydrogen-bond acceptors (Lipinski definition) is 4. The lowest BCUT2D eigenvalue weighted by atomic mass is 10.2. The summed E-state index contributed by atoms with van der Waals surface area (Å²) in [4.78, 5) is 10.4. The Morgan fingerprint density at radius 3 is 2.82 bits per heavy atom. The number of nitro benzene ring substituents is 1. The molecule has 0 aromatic heterocycles. The number of benzene rings is 1. The van der Waals surface area contributed by atoms with Gasteiger partial charge in [-0.25, -0.2) is 0 Å². The summed E-state index contributed by atoms with van der Waals surface area (Å²) in [5, 5.41) is 10.9. The van der Waals surface area contributed by atoms with Gasteiger partial charge in [0.15, 0.2) is 5.75 Å². The van der Waals surface area contributed by atoms with Crippen molar-refractivity contribution >= 4 is 21.6 Å². The van der Waals surface area contributed by atoms with Crippen LogP contribution in [0.15, 0.2) is 28.8 Å². The second kappa shape index (κ2) is 6.36.